The third-order valence-electron chi connectivity index (χ3n) is 2.18. The first-order chi connectivity index (χ1) is 6.31. The minimum absolute atomic E-state index is 0. The quantitative estimate of drug-likeness (QED) is 0.786. The maximum absolute atomic E-state index is 11.2. The molecule has 0 saturated heterocycles. The summed E-state index contributed by atoms with van der Waals surface area (Å²) in [6, 6.07) is 0. The molecule has 0 aromatic carbocycles. The molecular weight excluding hydrogens is 216 g/mol. The molecule has 0 aromatic heterocycles. The molecule has 1 fully saturated rings. The van der Waals surface area contributed by atoms with E-state index < -0.39 is 5.60 Å². The Balaban J connectivity index is 0.00000196. The van der Waals surface area contributed by atoms with Crippen molar-refractivity contribution in [3.8, 4) is 0 Å². The first-order valence-corrected chi connectivity index (χ1v) is 5.07. The Kier molecular flexibility index (Phi) is 4.87. The van der Waals surface area contributed by atoms with Crippen LogP contribution in [0.5, 0.6) is 0 Å². The zero-order chi connectivity index (χ0) is 10.8. The van der Waals surface area contributed by atoms with E-state index in [0.717, 1.165) is 19.3 Å². The van der Waals surface area contributed by atoms with E-state index in [1.54, 1.807) is 0 Å². The summed E-state index contributed by atoms with van der Waals surface area (Å²) in [7, 11) is 0. The first kappa shape index (κ1) is 14.5. The summed E-state index contributed by atoms with van der Waals surface area (Å²) in [5.41, 5.74) is 5.44. The SMILES string of the molecule is CC(C)(C)OC(=O)NCCC1(N)CC1.Cl. The molecule has 1 amide bonds. The van der Waals surface area contributed by atoms with Crippen LogP contribution in [0.4, 0.5) is 4.79 Å². The minimum Gasteiger partial charge on any atom is -0.444 e. The van der Waals surface area contributed by atoms with Gasteiger partial charge in [-0.3, -0.25) is 0 Å². The Morgan fingerprint density at radius 1 is 1.47 bits per heavy atom. The summed E-state index contributed by atoms with van der Waals surface area (Å²) in [6.45, 7) is 6.14. The summed E-state index contributed by atoms with van der Waals surface area (Å²) >= 11 is 0. The van der Waals surface area contributed by atoms with Crippen LogP contribution in [0.2, 0.25) is 0 Å². The van der Waals surface area contributed by atoms with Crippen LogP contribution in [0.1, 0.15) is 40.0 Å². The van der Waals surface area contributed by atoms with E-state index in [0.29, 0.717) is 6.54 Å². The normalized spacial score (nSPS) is 17.6. The Morgan fingerprint density at radius 3 is 2.40 bits per heavy atom. The topological polar surface area (TPSA) is 64.3 Å². The number of alkyl carbamates (subject to hydrolysis) is 1. The molecule has 1 rings (SSSR count). The van der Waals surface area contributed by atoms with Crippen LogP contribution in [0.3, 0.4) is 0 Å². The highest BCUT2D eigenvalue weighted by Gasteiger charge is 2.37. The van der Waals surface area contributed by atoms with Gasteiger partial charge in [-0.15, -0.1) is 12.4 Å². The number of ether oxygens (including phenoxy) is 1. The van der Waals surface area contributed by atoms with Gasteiger partial charge in [-0.2, -0.15) is 0 Å². The molecule has 1 saturated carbocycles. The molecule has 0 bridgehead atoms. The molecule has 4 nitrogen and oxygen atoms in total. The monoisotopic (exact) mass is 236 g/mol. The fraction of sp³-hybridized carbons (Fsp3) is 0.900. The zero-order valence-electron chi connectivity index (χ0n) is 9.63. The Hall–Kier alpha value is -0.480. The van der Waals surface area contributed by atoms with E-state index in [1.165, 1.54) is 0 Å². The van der Waals surface area contributed by atoms with Crippen molar-refractivity contribution in [2.45, 2.75) is 51.2 Å². The lowest BCUT2D eigenvalue weighted by atomic mass is 10.2. The van der Waals surface area contributed by atoms with Crippen LogP contribution in [0.15, 0.2) is 0 Å². The molecule has 1 aliphatic rings. The van der Waals surface area contributed by atoms with Crippen LogP contribution in [-0.2, 0) is 4.74 Å². The number of rotatable bonds is 3. The van der Waals surface area contributed by atoms with Crippen molar-refractivity contribution < 1.29 is 9.53 Å². The lowest BCUT2D eigenvalue weighted by Gasteiger charge is -2.20. The average Bonchev–Trinajstić information content (AvgIpc) is 2.64. The first-order valence-electron chi connectivity index (χ1n) is 5.07. The predicted molar refractivity (Wildman–Crippen MR) is 62.3 cm³/mol. The maximum Gasteiger partial charge on any atom is 0.407 e. The van der Waals surface area contributed by atoms with Crippen molar-refractivity contribution in [2.24, 2.45) is 5.73 Å². The lowest BCUT2D eigenvalue weighted by Crippen LogP contribution is -2.35. The number of carbonyl (C=O) groups excluding carboxylic acids is 1. The van der Waals surface area contributed by atoms with Crippen molar-refractivity contribution in [3.63, 3.8) is 0 Å². The average molecular weight is 237 g/mol. The van der Waals surface area contributed by atoms with Crippen molar-refractivity contribution in [1.82, 2.24) is 5.32 Å². The van der Waals surface area contributed by atoms with E-state index in [4.69, 9.17) is 10.5 Å². The number of carbonyl (C=O) groups is 1. The Labute approximate surface area is 97.3 Å². The van der Waals surface area contributed by atoms with Crippen LogP contribution >= 0.6 is 12.4 Å². The van der Waals surface area contributed by atoms with Crippen molar-refractivity contribution in [3.05, 3.63) is 0 Å². The second-order valence-electron chi connectivity index (χ2n) is 5.04. The number of hydrogen-bond donors (Lipinski definition) is 2. The number of nitrogens with two attached hydrogens (primary N) is 1. The molecule has 0 spiro atoms. The summed E-state index contributed by atoms with van der Waals surface area (Å²) < 4.78 is 5.08. The molecule has 5 heteroatoms. The smallest absolute Gasteiger partial charge is 0.407 e. The van der Waals surface area contributed by atoms with Crippen molar-refractivity contribution >= 4 is 18.5 Å². The van der Waals surface area contributed by atoms with Crippen LogP contribution in [-0.4, -0.2) is 23.8 Å². The number of nitrogens with one attached hydrogen (secondary N) is 1. The highest BCUT2D eigenvalue weighted by atomic mass is 35.5. The highest BCUT2D eigenvalue weighted by molar-refractivity contribution is 5.85. The van der Waals surface area contributed by atoms with Gasteiger partial charge in [-0.25, -0.2) is 4.79 Å². The van der Waals surface area contributed by atoms with E-state index in [-0.39, 0.29) is 24.0 Å². The van der Waals surface area contributed by atoms with Gasteiger partial charge < -0.3 is 15.8 Å². The van der Waals surface area contributed by atoms with Crippen LogP contribution in [0, 0.1) is 0 Å². The second kappa shape index (κ2) is 5.03. The van der Waals surface area contributed by atoms with Gasteiger partial charge in [0.1, 0.15) is 5.60 Å². The van der Waals surface area contributed by atoms with Crippen LogP contribution < -0.4 is 11.1 Å². The zero-order valence-corrected chi connectivity index (χ0v) is 10.4. The van der Waals surface area contributed by atoms with Gasteiger partial charge in [0, 0.05) is 12.1 Å². The molecule has 3 N–H and O–H groups in total. The summed E-state index contributed by atoms with van der Waals surface area (Å²) in [5, 5.41) is 2.69. The largest absolute Gasteiger partial charge is 0.444 e. The molecule has 0 aliphatic heterocycles. The molecular formula is C10H21ClN2O2. The number of halogens is 1. The third kappa shape index (κ3) is 6.57. The van der Waals surface area contributed by atoms with Gasteiger partial charge in [-0.05, 0) is 40.0 Å². The molecule has 1 aliphatic carbocycles. The van der Waals surface area contributed by atoms with Gasteiger partial charge in [0.2, 0.25) is 0 Å². The second-order valence-corrected chi connectivity index (χ2v) is 5.04. The Bertz CT molecular complexity index is 222. The van der Waals surface area contributed by atoms with Crippen molar-refractivity contribution in [2.75, 3.05) is 6.54 Å². The van der Waals surface area contributed by atoms with Gasteiger partial charge in [-0.1, -0.05) is 0 Å². The summed E-state index contributed by atoms with van der Waals surface area (Å²) in [5.74, 6) is 0. The van der Waals surface area contributed by atoms with E-state index in [2.05, 4.69) is 5.32 Å². The lowest BCUT2D eigenvalue weighted by molar-refractivity contribution is 0.0526. The molecule has 90 valence electrons. The minimum atomic E-state index is -0.427. The highest BCUT2D eigenvalue weighted by Crippen LogP contribution is 2.34. The Morgan fingerprint density at radius 2 is 2.00 bits per heavy atom. The predicted octanol–water partition coefficient (Wildman–Crippen LogP) is 1.81. The molecule has 0 atom stereocenters. The standard InChI is InChI=1S/C10H20N2O2.ClH/c1-9(2,3)14-8(13)12-7-6-10(11)4-5-10;/h4-7,11H2,1-3H3,(H,12,13);1H. The van der Waals surface area contributed by atoms with Gasteiger partial charge in [0.15, 0.2) is 0 Å². The van der Waals surface area contributed by atoms with Gasteiger partial charge in [0.25, 0.3) is 0 Å². The fourth-order valence-corrected chi connectivity index (χ4v) is 1.14. The van der Waals surface area contributed by atoms with Gasteiger partial charge >= 0.3 is 6.09 Å². The van der Waals surface area contributed by atoms with Gasteiger partial charge in [0.05, 0.1) is 0 Å². The molecule has 0 radical (unpaired) electrons. The summed E-state index contributed by atoms with van der Waals surface area (Å²) in [4.78, 5) is 11.2. The number of hydrogen-bond acceptors (Lipinski definition) is 3. The maximum atomic E-state index is 11.2. The summed E-state index contributed by atoms with van der Waals surface area (Å²) in [6.07, 6.45) is 2.62. The number of amides is 1. The molecule has 0 unspecified atom stereocenters. The van der Waals surface area contributed by atoms with E-state index >= 15 is 0 Å². The third-order valence-corrected chi connectivity index (χ3v) is 2.18. The molecule has 0 heterocycles. The van der Waals surface area contributed by atoms with E-state index in [1.807, 2.05) is 20.8 Å². The van der Waals surface area contributed by atoms with Crippen LogP contribution in [0.25, 0.3) is 0 Å². The molecule has 15 heavy (non-hydrogen) atoms. The molecule has 0 aromatic rings. The fourth-order valence-electron chi connectivity index (χ4n) is 1.14. The van der Waals surface area contributed by atoms with E-state index in [9.17, 15) is 4.79 Å². The van der Waals surface area contributed by atoms with Crippen molar-refractivity contribution in [1.29, 1.82) is 0 Å².